The van der Waals surface area contributed by atoms with Crippen LogP contribution in [0, 0.1) is 17.0 Å². The Morgan fingerprint density at radius 3 is 2.77 bits per heavy atom. The summed E-state index contributed by atoms with van der Waals surface area (Å²) >= 11 is 11.7. The third-order valence-electron chi connectivity index (χ3n) is 3.17. The number of nitro groups is 1. The minimum Gasteiger partial charge on any atom is -0.502 e. The summed E-state index contributed by atoms with van der Waals surface area (Å²) in [5, 5.41) is 24.9. The normalized spacial score (nSPS) is 10.7. The lowest BCUT2D eigenvalue weighted by molar-refractivity contribution is -0.385. The van der Waals surface area contributed by atoms with Crippen molar-refractivity contribution in [2.45, 2.75) is 6.92 Å². The second-order valence-electron chi connectivity index (χ2n) is 5.11. The van der Waals surface area contributed by atoms with Gasteiger partial charge >= 0.3 is 5.69 Å². The number of halogens is 2. The average Bonchev–Trinajstić information content (AvgIpc) is 2.58. The molecule has 0 atom stereocenters. The summed E-state index contributed by atoms with van der Waals surface area (Å²) in [5.41, 5.74) is 2.41. The molecule has 0 heterocycles. The molecule has 0 unspecified atom stereocenters. The van der Waals surface area contributed by atoms with Gasteiger partial charge in [0.1, 0.15) is 5.75 Å². The van der Waals surface area contributed by atoms with E-state index < -0.39 is 22.3 Å². The first-order valence-electron chi connectivity index (χ1n) is 7.15. The molecule has 0 saturated carbocycles. The van der Waals surface area contributed by atoms with Gasteiger partial charge in [-0.2, -0.15) is 5.10 Å². The molecule has 2 aromatic carbocycles. The van der Waals surface area contributed by atoms with Crippen molar-refractivity contribution in [3.63, 3.8) is 0 Å². The lowest BCUT2D eigenvalue weighted by atomic mass is 10.2. The Morgan fingerprint density at radius 2 is 2.12 bits per heavy atom. The summed E-state index contributed by atoms with van der Waals surface area (Å²) in [4.78, 5) is 21.8. The predicted octanol–water partition coefficient (Wildman–Crippen LogP) is 3.44. The number of carbonyl (C=O) groups is 1. The number of carbonyl (C=O) groups excluding carboxylic acids is 1. The van der Waals surface area contributed by atoms with E-state index in [0.717, 1.165) is 17.8 Å². The molecule has 0 saturated heterocycles. The largest absolute Gasteiger partial charge is 0.502 e. The second kappa shape index (κ2) is 8.50. The van der Waals surface area contributed by atoms with Gasteiger partial charge in [-0.3, -0.25) is 14.9 Å². The number of nitrogens with zero attached hydrogens (tertiary/aromatic N) is 2. The zero-order chi connectivity index (χ0) is 19.3. The highest BCUT2D eigenvalue weighted by atomic mass is 35.5. The smallest absolute Gasteiger partial charge is 0.312 e. The van der Waals surface area contributed by atoms with Gasteiger partial charge in [0.05, 0.1) is 11.1 Å². The van der Waals surface area contributed by atoms with Gasteiger partial charge in [-0.25, -0.2) is 5.43 Å². The summed E-state index contributed by atoms with van der Waals surface area (Å²) in [6, 6.07) is 7.23. The monoisotopic (exact) mass is 397 g/mol. The fourth-order valence-corrected chi connectivity index (χ4v) is 2.24. The number of ether oxygens (including phenoxy) is 1. The molecule has 0 fully saturated rings. The molecule has 1 amide bonds. The van der Waals surface area contributed by atoms with E-state index in [-0.39, 0.29) is 17.2 Å². The van der Waals surface area contributed by atoms with Crippen LogP contribution in [0.3, 0.4) is 0 Å². The van der Waals surface area contributed by atoms with Crippen molar-refractivity contribution in [1.29, 1.82) is 0 Å². The molecular formula is C16H13Cl2N3O5. The molecule has 0 aliphatic carbocycles. The summed E-state index contributed by atoms with van der Waals surface area (Å²) < 4.78 is 5.30. The molecule has 0 spiro atoms. The molecule has 2 aromatic rings. The Labute approximate surface area is 158 Å². The van der Waals surface area contributed by atoms with Crippen LogP contribution < -0.4 is 10.2 Å². The van der Waals surface area contributed by atoms with Crippen LogP contribution in [0.25, 0.3) is 0 Å². The van der Waals surface area contributed by atoms with Crippen LogP contribution in [-0.4, -0.2) is 28.8 Å². The van der Waals surface area contributed by atoms with Crippen LogP contribution in [0.15, 0.2) is 35.4 Å². The molecule has 26 heavy (non-hydrogen) atoms. The maximum atomic E-state index is 11.7. The number of nitrogens with one attached hydrogen (secondary N) is 1. The highest BCUT2D eigenvalue weighted by Gasteiger charge is 2.17. The number of hydrogen-bond acceptors (Lipinski definition) is 6. The number of rotatable bonds is 6. The topological polar surface area (TPSA) is 114 Å². The van der Waals surface area contributed by atoms with Crippen molar-refractivity contribution < 1.29 is 19.6 Å². The number of hydrazone groups is 1. The highest BCUT2D eigenvalue weighted by Crippen LogP contribution is 2.32. The Morgan fingerprint density at radius 1 is 1.38 bits per heavy atom. The molecule has 0 radical (unpaired) electrons. The number of phenolic OH excluding ortho intramolecular Hbond substituents is 1. The number of aryl methyl sites for hydroxylation is 1. The van der Waals surface area contributed by atoms with E-state index in [1.54, 1.807) is 25.1 Å². The summed E-state index contributed by atoms with van der Waals surface area (Å²) in [7, 11) is 0. The standard InChI is InChI=1S/C16H13Cl2N3O5/c1-9-4-12(2-3-13(9)18)26-8-15(22)20-19-7-10-5-11(17)6-14(16(10)23)21(24)25/h2-7,23H,8H2,1H3,(H,20,22)/b19-7-. The van der Waals surface area contributed by atoms with Crippen molar-refractivity contribution in [3.05, 3.63) is 61.6 Å². The SMILES string of the molecule is Cc1cc(OCC(=O)N/N=C\c2cc(Cl)cc([N+](=O)[O-])c2O)ccc1Cl. The maximum Gasteiger partial charge on any atom is 0.312 e. The Bertz CT molecular complexity index is 886. The van der Waals surface area contributed by atoms with Crippen LogP contribution in [0.5, 0.6) is 11.5 Å². The number of hydrogen-bond donors (Lipinski definition) is 2. The van der Waals surface area contributed by atoms with E-state index in [0.29, 0.717) is 10.8 Å². The van der Waals surface area contributed by atoms with Crippen molar-refractivity contribution in [1.82, 2.24) is 5.43 Å². The van der Waals surface area contributed by atoms with Crippen molar-refractivity contribution in [2.24, 2.45) is 5.10 Å². The van der Waals surface area contributed by atoms with E-state index in [2.05, 4.69) is 10.5 Å². The number of nitro benzene ring substituents is 1. The lowest BCUT2D eigenvalue weighted by Gasteiger charge is -2.06. The number of benzene rings is 2. The van der Waals surface area contributed by atoms with Crippen LogP contribution in [0.2, 0.25) is 10.0 Å². The van der Waals surface area contributed by atoms with Gasteiger partial charge in [0.2, 0.25) is 5.75 Å². The van der Waals surface area contributed by atoms with Gasteiger partial charge in [-0.15, -0.1) is 0 Å². The van der Waals surface area contributed by atoms with Crippen LogP contribution in [-0.2, 0) is 4.79 Å². The summed E-state index contributed by atoms with van der Waals surface area (Å²) in [6.45, 7) is 1.50. The fraction of sp³-hybridized carbons (Fsp3) is 0.125. The quantitative estimate of drug-likeness (QED) is 0.440. The zero-order valence-corrected chi connectivity index (χ0v) is 14.9. The number of phenols is 1. The van der Waals surface area contributed by atoms with Crippen molar-refractivity contribution >= 4 is 41.0 Å². The van der Waals surface area contributed by atoms with Crippen molar-refractivity contribution in [3.8, 4) is 11.5 Å². The first-order valence-corrected chi connectivity index (χ1v) is 7.91. The van der Waals surface area contributed by atoms with E-state index in [9.17, 15) is 20.0 Å². The minimum absolute atomic E-state index is 0.0151. The molecule has 8 nitrogen and oxygen atoms in total. The maximum absolute atomic E-state index is 11.7. The number of aromatic hydroxyl groups is 1. The zero-order valence-electron chi connectivity index (χ0n) is 13.4. The van der Waals surface area contributed by atoms with Gasteiger partial charge in [-0.1, -0.05) is 23.2 Å². The van der Waals surface area contributed by atoms with Gasteiger partial charge in [0.25, 0.3) is 5.91 Å². The Kier molecular flexibility index (Phi) is 6.37. The minimum atomic E-state index is -0.779. The first-order chi connectivity index (χ1) is 12.3. The molecule has 10 heteroatoms. The van der Waals surface area contributed by atoms with Gasteiger partial charge < -0.3 is 9.84 Å². The van der Waals surface area contributed by atoms with E-state index in [4.69, 9.17) is 27.9 Å². The van der Waals surface area contributed by atoms with Gasteiger partial charge in [-0.05, 0) is 36.8 Å². The van der Waals surface area contributed by atoms with Gasteiger partial charge in [0.15, 0.2) is 6.61 Å². The highest BCUT2D eigenvalue weighted by molar-refractivity contribution is 6.31. The molecule has 2 N–H and O–H groups in total. The Hall–Kier alpha value is -2.84. The third kappa shape index (κ3) is 5.08. The summed E-state index contributed by atoms with van der Waals surface area (Å²) in [5.74, 6) is -0.704. The van der Waals surface area contributed by atoms with E-state index >= 15 is 0 Å². The average molecular weight is 398 g/mol. The van der Waals surface area contributed by atoms with Crippen molar-refractivity contribution in [2.75, 3.05) is 6.61 Å². The lowest BCUT2D eigenvalue weighted by Crippen LogP contribution is -2.24. The number of amides is 1. The van der Waals surface area contributed by atoms with E-state index in [1.165, 1.54) is 6.07 Å². The molecular weight excluding hydrogens is 385 g/mol. The van der Waals surface area contributed by atoms with Gasteiger partial charge in [0, 0.05) is 21.7 Å². The van der Waals surface area contributed by atoms with Crippen LogP contribution in [0.1, 0.15) is 11.1 Å². The predicted molar refractivity (Wildman–Crippen MR) is 97.2 cm³/mol. The Balaban J connectivity index is 1.96. The van der Waals surface area contributed by atoms with Crippen LogP contribution in [0.4, 0.5) is 5.69 Å². The van der Waals surface area contributed by atoms with E-state index in [1.807, 2.05) is 0 Å². The molecule has 2 rings (SSSR count). The first kappa shape index (κ1) is 19.5. The third-order valence-corrected chi connectivity index (χ3v) is 3.82. The molecule has 0 bridgehead atoms. The second-order valence-corrected chi connectivity index (χ2v) is 5.96. The van der Waals surface area contributed by atoms with Crippen LogP contribution >= 0.6 is 23.2 Å². The molecule has 136 valence electrons. The molecule has 0 aromatic heterocycles. The molecule has 0 aliphatic rings. The fourth-order valence-electron chi connectivity index (χ4n) is 1.90. The summed E-state index contributed by atoms with van der Waals surface area (Å²) in [6.07, 6.45) is 1.04. The molecule has 0 aliphatic heterocycles.